The molecule has 2 aliphatic rings. The molecule has 0 heterocycles. The molecular weight excluding hydrogens is 170 g/mol. The minimum atomic E-state index is 0.830. The first-order valence-corrected chi connectivity index (χ1v) is 6.57. The fourth-order valence-corrected chi connectivity index (χ4v) is 2.97. The van der Waals surface area contributed by atoms with Crippen molar-refractivity contribution in [1.29, 1.82) is 0 Å². The molecule has 0 saturated heterocycles. The number of hydrogen-bond acceptors (Lipinski definition) is 1. The Bertz CT molecular complexity index is 157. The Morgan fingerprint density at radius 2 is 1.79 bits per heavy atom. The first-order valence-electron chi connectivity index (χ1n) is 6.57. The van der Waals surface area contributed by atoms with Gasteiger partial charge in [0.25, 0.3) is 0 Å². The second kappa shape index (κ2) is 5.16. The van der Waals surface area contributed by atoms with Gasteiger partial charge >= 0.3 is 0 Å². The van der Waals surface area contributed by atoms with Crippen molar-refractivity contribution >= 4 is 0 Å². The summed E-state index contributed by atoms with van der Waals surface area (Å²) in [6, 6.07) is 0.830. The van der Waals surface area contributed by atoms with Crippen LogP contribution in [0.5, 0.6) is 0 Å². The van der Waals surface area contributed by atoms with Crippen LogP contribution in [-0.4, -0.2) is 13.1 Å². The zero-order valence-corrected chi connectivity index (χ0v) is 9.60. The molecule has 2 fully saturated rings. The zero-order valence-electron chi connectivity index (χ0n) is 9.60. The summed E-state index contributed by atoms with van der Waals surface area (Å²) in [5.41, 5.74) is 0. The van der Waals surface area contributed by atoms with Crippen molar-refractivity contribution < 1.29 is 0 Å². The molecule has 1 atom stereocenters. The van der Waals surface area contributed by atoms with Crippen LogP contribution in [0.1, 0.15) is 57.8 Å². The van der Waals surface area contributed by atoms with Crippen molar-refractivity contribution in [2.24, 2.45) is 11.8 Å². The second-order valence-corrected chi connectivity index (χ2v) is 5.31. The average Bonchev–Trinajstić information content (AvgIpc) is 3.04. The SMILES string of the molecule is CNC(CCC1CC1)C1CCCCC1. The maximum Gasteiger partial charge on any atom is 0.00924 e. The van der Waals surface area contributed by atoms with Gasteiger partial charge in [-0.2, -0.15) is 0 Å². The molecule has 1 N–H and O–H groups in total. The Morgan fingerprint density at radius 1 is 1.07 bits per heavy atom. The van der Waals surface area contributed by atoms with Crippen LogP contribution in [0, 0.1) is 11.8 Å². The van der Waals surface area contributed by atoms with E-state index in [1.165, 1.54) is 57.8 Å². The summed E-state index contributed by atoms with van der Waals surface area (Å²) in [5, 5.41) is 3.55. The summed E-state index contributed by atoms with van der Waals surface area (Å²) in [6.07, 6.45) is 13.4. The largest absolute Gasteiger partial charge is 0.317 e. The van der Waals surface area contributed by atoms with Crippen molar-refractivity contribution in [2.75, 3.05) is 7.05 Å². The van der Waals surface area contributed by atoms with Crippen molar-refractivity contribution in [3.8, 4) is 0 Å². The Balaban J connectivity index is 1.71. The van der Waals surface area contributed by atoms with Crippen LogP contribution in [0.2, 0.25) is 0 Å². The smallest absolute Gasteiger partial charge is 0.00924 e. The Kier molecular flexibility index (Phi) is 3.86. The van der Waals surface area contributed by atoms with Crippen LogP contribution < -0.4 is 5.32 Å². The highest BCUT2D eigenvalue weighted by molar-refractivity contribution is 4.81. The molecule has 0 aliphatic heterocycles. The molecule has 0 radical (unpaired) electrons. The third kappa shape index (κ3) is 2.98. The highest BCUT2D eigenvalue weighted by atomic mass is 14.9. The van der Waals surface area contributed by atoms with Crippen molar-refractivity contribution in [2.45, 2.75) is 63.8 Å². The van der Waals surface area contributed by atoms with Gasteiger partial charge in [0.1, 0.15) is 0 Å². The lowest BCUT2D eigenvalue weighted by Gasteiger charge is -2.30. The molecule has 0 aromatic heterocycles. The molecule has 1 unspecified atom stereocenters. The Labute approximate surface area is 88.7 Å². The molecule has 82 valence electrons. The first-order chi connectivity index (χ1) is 6.90. The van der Waals surface area contributed by atoms with E-state index in [-0.39, 0.29) is 0 Å². The third-order valence-electron chi connectivity index (χ3n) is 4.17. The summed E-state index contributed by atoms with van der Waals surface area (Å²) in [4.78, 5) is 0. The van der Waals surface area contributed by atoms with Crippen molar-refractivity contribution in [3.05, 3.63) is 0 Å². The summed E-state index contributed by atoms with van der Waals surface area (Å²) in [7, 11) is 2.16. The first kappa shape index (κ1) is 10.5. The normalized spacial score (nSPS) is 26.4. The molecule has 2 aliphatic carbocycles. The van der Waals surface area contributed by atoms with Crippen molar-refractivity contribution in [3.63, 3.8) is 0 Å². The van der Waals surface area contributed by atoms with Gasteiger partial charge < -0.3 is 5.32 Å². The minimum absolute atomic E-state index is 0.830. The number of hydrogen-bond donors (Lipinski definition) is 1. The van der Waals surface area contributed by atoms with Crippen LogP contribution in [0.3, 0.4) is 0 Å². The van der Waals surface area contributed by atoms with Gasteiger partial charge in [-0.25, -0.2) is 0 Å². The third-order valence-corrected chi connectivity index (χ3v) is 4.17. The highest BCUT2D eigenvalue weighted by Crippen LogP contribution is 2.36. The lowest BCUT2D eigenvalue weighted by molar-refractivity contribution is 0.262. The van der Waals surface area contributed by atoms with E-state index in [0.717, 1.165) is 17.9 Å². The van der Waals surface area contributed by atoms with E-state index in [1.54, 1.807) is 0 Å². The van der Waals surface area contributed by atoms with Gasteiger partial charge in [-0.15, -0.1) is 0 Å². The standard InChI is InChI=1S/C13H25N/c1-14-13(10-9-11-7-8-11)12-5-3-2-4-6-12/h11-14H,2-10H2,1H3. The van der Waals surface area contributed by atoms with Crippen LogP contribution in [0.15, 0.2) is 0 Å². The molecule has 0 amide bonds. The molecule has 0 spiro atoms. The molecule has 0 aromatic rings. The lowest BCUT2D eigenvalue weighted by atomic mass is 9.82. The molecular formula is C13H25N. The van der Waals surface area contributed by atoms with Crippen LogP contribution in [0.4, 0.5) is 0 Å². The summed E-state index contributed by atoms with van der Waals surface area (Å²) >= 11 is 0. The second-order valence-electron chi connectivity index (χ2n) is 5.31. The van der Waals surface area contributed by atoms with Crippen LogP contribution in [-0.2, 0) is 0 Å². The fourth-order valence-electron chi connectivity index (χ4n) is 2.97. The zero-order chi connectivity index (χ0) is 9.80. The van der Waals surface area contributed by atoms with E-state index in [9.17, 15) is 0 Å². The van der Waals surface area contributed by atoms with Crippen LogP contribution >= 0.6 is 0 Å². The molecule has 2 saturated carbocycles. The van der Waals surface area contributed by atoms with Gasteiger partial charge in [-0.3, -0.25) is 0 Å². The van der Waals surface area contributed by atoms with Gasteiger partial charge in [0.05, 0.1) is 0 Å². The van der Waals surface area contributed by atoms with E-state index in [0.29, 0.717) is 0 Å². The molecule has 0 aromatic carbocycles. The lowest BCUT2D eigenvalue weighted by Crippen LogP contribution is -2.34. The predicted molar refractivity (Wildman–Crippen MR) is 61.4 cm³/mol. The monoisotopic (exact) mass is 195 g/mol. The number of rotatable bonds is 5. The maximum absolute atomic E-state index is 3.55. The molecule has 14 heavy (non-hydrogen) atoms. The van der Waals surface area contributed by atoms with E-state index >= 15 is 0 Å². The fraction of sp³-hybridized carbons (Fsp3) is 1.00. The summed E-state index contributed by atoms with van der Waals surface area (Å²) < 4.78 is 0. The Morgan fingerprint density at radius 3 is 2.36 bits per heavy atom. The minimum Gasteiger partial charge on any atom is -0.317 e. The highest BCUT2D eigenvalue weighted by Gasteiger charge is 2.26. The molecule has 1 heteroatoms. The molecule has 0 bridgehead atoms. The van der Waals surface area contributed by atoms with Gasteiger partial charge in [0.2, 0.25) is 0 Å². The van der Waals surface area contributed by atoms with Gasteiger partial charge in [-0.1, -0.05) is 32.1 Å². The van der Waals surface area contributed by atoms with E-state index in [4.69, 9.17) is 0 Å². The quantitative estimate of drug-likeness (QED) is 0.709. The van der Waals surface area contributed by atoms with Crippen molar-refractivity contribution in [1.82, 2.24) is 5.32 Å². The predicted octanol–water partition coefficient (Wildman–Crippen LogP) is 3.34. The molecule has 1 nitrogen and oxygen atoms in total. The van der Waals surface area contributed by atoms with Crippen LogP contribution in [0.25, 0.3) is 0 Å². The summed E-state index contributed by atoms with van der Waals surface area (Å²) in [6.45, 7) is 0. The van der Waals surface area contributed by atoms with Gasteiger partial charge in [0, 0.05) is 6.04 Å². The topological polar surface area (TPSA) is 12.0 Å². The van der Waals surface area contributed by atoms with E-state index < -0.39 is 0 Å². The van der Waals surface area contributed by atoms with E-state index in [1.807, 2.05) is 0 Å². The molecule has 2 rings (SSSR count). The average molecular weight is 195 g/mol. The number of nitrogens with one attached hydrogen (secondary N) is 1. The Hall–Kier alpha value is -0.0400. The summed E-state index contributed by atoms with van der Waals surface area (Å²) in [5.74, 6) is 2.10. The maximum atomic E-state index is 3.55. The van der Waals surface area contributed by atoms with E-state index in [2.05, 4.69) is 12.4 Å². The van der Waals surface area contributed by atoms with Gasteiger partial charge in [-0.05, 0) is 44.6 Å². The van der Waals surface area contributed by atoms with Gasteiger partial charge in [0.15, 0.2) is 0 Å².